The molecule has 0 aliphatic heterocycles. The van der Waals surface area contributed by atoms with E-state index in [2.05, 4.69) is 0 Å². The number of nitrogens with zero attached hydrogens (tertiary/aromatic N) is 1. The van der Waals surface area contributed by atoms with Crippen molar-refractivity contribution in [2.45, 2.75) is 19.5 Å². The number of hydrogen-bond acceptors (Lipinski definition) is 0. The number of aromatic nitrogens is 1. The van der Waals surface area contributed by atoms with Gasteiger partial charge >= 0.3 is 0 Å². The zero-order valence-electron chi connectivity index (χ0n) is 9.65. The summed E-state index contributed by atoms with van der Waals surface area (Å²) in [7, 11) is 1.28. The van der Waals surface area contributed by atoms with E-state index < -0.39 is 24.2 Å². The second-order valence-corrected chi connectivity index (χ2v) is 4.09. The standard InChI is InChI=1S/C12H10F5N/c1-5-7-3-6(13)4-8(14)11(7)18(2)10(5)9(15)12(16)17/h3-4,9,12H,1-2H3/t9-/m1/s1. The van der Waals surface area contributed by atoms with Crippen LogP contribution < -0.4 is 0 Å². The Morgan fingerprint density at radius 3 is 2.28 bits per heavy atom. The molecule has 0 unspecified atom stereocenters. The van der Waals surface area contributed by atoms with Gasteiger partial charge in [-0.15, -0.1) is 0 Å². The molecule has 6 heteroatoms. The Morgan fingerprint density at radius 2 is 1.72 bits per heavy atom. The predicted molar refractivity (Wildman–Crippen MR) is 57.4 cm³/mol. The van der Waals surface area contributed by atoms with Gasteiger partial charge in [0.25, 0.3) is 6.43 Å². The van der Waals surface area contributed by atoms with Gasteiger partial charge in [-0.25, -0.2) is 22.0 Å². The molecule has 0 N–H and O–H groups in total. The number of benzene rings is 1. The van der Waals surface area contributed by atoms with E-state index in [-0.39, 0.29) is 22.2 Å². The lowest BCUT2D eigenvalue weighted by Gasteiger charge is -2.10. The summed E-state index contributed by atoms with van der Waals surface area (Å²) >= 11 is 0. The molecule has 2 aromatic rings. The summed E-state index contributed by atoms with van der Waals surface area (Å²) in [5.74, 6) is -1.73. The maximum Gasteiger partial charge on any atom is 0.274 e. The fourth-order valence-corrected chi connectivity index (χ4v) is 2.21. The molecule has 2 rings (SSSR count). The van der Waals surface area contributed by atoms with Crippen molar-refractivity contribution in [2.24, 2.45) is 7.05 Å². The largest absolute Gasteiger partial charge is 0.342 e. The van der Waals surface area contributed by atoms with Crippen LogP contribution in [0.4, 0.5) is 22.0 Å². The third kappa shape index (κ3) is 1.76. The molecule has 98 valence electrons. The van der Waals surface area contributed by atoms with Gasteiger partial charge in [-0.2, -0.15) is 0 Å². The van der Waals surface area contributed by atoms with Gasteiger partial charge in [0.05, 0.1) is 11.2 Å². The predicted octanol–water partition coefficient (Wildman–Crippen LogP) is 4.04. The minimum Gasteiger partial charge on any atom is -0.342 e. The summed E-state index contributed by atoms with van der Waals surface area (Å²) in [5.41, 5.74) is -0.282. The maximum absolute atomic E-state index is 13.6. The lowest BCUT2D eigenvalue weighted by Crippen LogP contribution is -2.09. The minimum atomic E-state index is -3.21. The zero-order chi connectivity index (χ0) is 13.6. The fraction of sp³-hybridized carbons (Fsp3) is 0.333. The van der Waals surface area contributed by atoms with Gasteiger partial charge in [-0.05, 0) is 18.6 Å². The Labute approximate surface area is 99.8 Å². The van der Waals surface area contributed by atoms with Crippen LogP contribution in [-0.2, 0) is 7.05 Å². The molecule has 0 saturated heterocycles. The van der Waals surface area contributed by atoms with Crippen LogP contribution >= 0.6 is 0 Å². The van der Waals surface area contributed by atoms with Crippen LogP contribution in [0.3, 0.4) is 0 Å². The zero-order valence-corrected chi connectivity index (χ0v) is 9.65. The Bertz CT molecular complexity index is 602. The first-order valence-electron chi connectivity index (χ1n) is 5.20. The van der Waals surface area contributed by atoms with Crippen molar-refractivity contribution in [3.8, 4) is 0 Å². The molecule has 0 fully saturated rings. The highest BCUT2D eigenvalue weighted by Gasteiger charge is 2.29. The van der Waals surface area contributed by atoms with Crippen molar-refractivity contribution in [3.05, 3.63) is 35.0 Å². The van der Waals surface area contributed by atoms with Crippen molar-refractivity contribution < 1.29 is 22.0 Å². The van der Waals surface area contributed by atoms with Crippen molar-refractivity contribution in [1.82, 2.24) is 4.57 Å². The average Bonchev–Trinajstić information content (AvgIpc) is 2.50. The highest BCUT2D eigenvalue weighted by atomic mass is 19.3. The van der Waals surface area contributed by atoms with E-state index in [1.807, 2.05) is 0 Å². The van der Waals surface area contributed by atoms with E-state index >= 15 is 0 Å². The third-order valence-electron chi connectivity index (χ3n) is 3.00. The molecule has 0 radical (unpaired) electrons. The molecule has 1 nitrogen and oxygen atoms in total. The van der Waals surface area contributed by atoms with E-state index in [1.165, 1.54) is 14.0 Å². The van der Waals surface area contributed by atoms with Crippen LogP contribution in [0.15, 0.2) is 12.1 Å². The molecule has 18 heavy (non-hydrogen) atoms. The van der Waals surface area contributed by atoms with E-state index in [4.69, 9.17) is 0 Å². The van der Waals surface area contributed by atoms with Crippen molar-refractivity contribution in [2.75, 3.05) is 0 Å². The topological polar surface area (TPSA) is 4.93 Å². The minimum absolute atomic E-state index is 0.0767. The molecule has 0 aliphatic carbocycles. The highest BCUT2D eigenvalue weighted by molar-refractivity contribution is 5.86. The molecule has 1 heterocycles. The number of rotatable bonds is 2. The van der Waals surface area contributed by atoms with E-state index in [0.29, 0.717) is 6.07 Å². The van der Waals surface area contributed by atoms with Crippen molar-refractivity contribution in [1.29, 1.82) is 0 Å². The van der Waals surface area contributed by atoms with Crippen LogP contribution in [0.5, 0.6) is 0 Å². The molecule has 0 saturated carbocycles. The van der Waals surface area contributed by atoms with Crippen LogP contribution in [0.1, 0.15) is 17.4 Å². The first-order chi connectivity index (χ1) is 8.34. The number of alkyl halides is 3. The Morgan fingerprint density at radius 1 is 1.11 bits per heavy atom. The molecular formula is C12H10F5N. The van der Waals surface area contributed by atoms with Crippen LogP contribution in [0, 0.1) is 18.6 Å². The van der Waals surface area contributed by atoms with Gasteiger partial charge in [-0.1, -0.05) is 0 Å². The van der Waals surface area contributed by atoms with Gasteiger partial charge < -0.3 is 4.57 Å². The van der Waals surface area contributed by atoms with Gasteiger partial charge in [0.1, 0.15) is 11.6 Å². The number of hydrogen-bond donors (Lipinski definition) is 0. The summed E-state index contributed by atoms with van der Waals surface area (Å²) in [6.07, 6.45) is -5.73. The number of aryl methyl sites for hydroxylation is 2. The maximum atomic E-state index is 13.6. The average molecular weight is 263 g/mol. The lowest BCUT2D eigenvalue weighted by atomic mass is 10.1. The van der Waals surface area contributed by atoms with E-state index in [1.54, 1.807) is 0 Å². The Hall–Kier alpha value is -1.59. The second kappa shape index (κ2) is 4.26. The highest BCUT2D eigenvalue weighted by Crippen LogP contribution is 2.35. The summed E-state index contributed by atoms with van der Waals surface area (Å²) in [5, 5.41) is 0.105. The Kier molecular flexibility index (Phi) is 3.04. The summed E-state index contributed by atoms with van der Waals surface area (Å²) < 4.78 is 66.0. The number of halogens is 5. The molecule has 0 aliphatic rings. The molecule has 0 amide bonds. The molecular weight excluding hydrogens is 253 g/mol. The summed E-state index contributed by atoms with van der Waals surface area (Å²) in [4.78, 5) is 0. The normalized spacial score (nSPS) is 13.6. The summed E-state index contributed by atoms with van der Waals surface area (Å²) in [6.45, 7) is 1.37. The monoisotopic (exact) mass is 263 g/mol. The summed E-state index contributed by atoms with van der Waals surface area (Å²) in [6, 6.07) is 1.65. The lowest BCUT2D eigenvalue weighted by molar-refractivity contribution is 0.0456. The molecule has 0 bridgehead atoms. The first-order valence-corrected chi connectivity index (χ1v) is 5.20. The van der Waals surface area contributed by atoms with E-state index in [0.717, 1.165) is 10.6 Å². The van der Waals surface area contributed by atoms with E-state index in [9.17, 15) is 22.0 Å². The van der Waals surface area contributed by atoms with Gasteiger partial charge in [0.2, 0.25) is 6.17 Å². The SMILES string of the molecule is Cc1c([C@@H](F)C(F)F)n(C)c2c(F)cc(F)cc12. The van der Waals surface area contributed by atoms with Crippen molar-refractivity contribution in [3.63, 3.8) is 0 Å². The van der Waals surface area contributed by atoms with Crippen LogP contribution in [-0.4, -0.2) is 11.0 Å². The smallest absolute Gasteiger partial charge is 0.274 e. The number of fused-ring (bicyclic) bond motifs is 1. The van der Waals surface area contributed by atoms with Crippen LogP contribution in [0.25, 0.3) is 10.9 Å². The first kappa shape index (κ1) is 12.9. The van der Waals surface area contributed by atoms with Crippen LogP contribution in [0.2, 0.25) is 0 Å². The van der Waals surface area contributed by atoms with Gasteiger partial charge in [-0.3, -0.25) is 0 Å². The fourth-order valence-electron chi connectivity index (χ4n) is 2.21. The van der Waals surface area contributed by atoms with Gasteiger partial charge in [0.15, 0.2) is 0 Å². The Balaban J connectivity index is 2.81. The second-order valence-electron chi connectivity index (χ2n) is 4.09. The quantitative estimate of drug-likeness (QED) is 0.720. The molecule has 1 aromatic carbocycles. The molecule has 1 atom stereocenters. The third-order valence-corrected chi connectivity index (χ3v) is 3.00. The van der Waals surface area contributed by atoms with Crippen molar-refractivity contribution >= 4 is 10.9 Å². The van der Waals surface area contributed by atoms with Gasteiger partial charge in [0, 0.05) is 18.5 Å². The molecule has 0 spiro atoms. The molecule has 1 aromatic heterocycles.